The zero-order chi connectivity index (χ0) is 21.2. The van der Waals surface area contributed by atoms with Crippen molar-refractivity contribution < 1.29 is 32.3 Å². The number of anilines is 1. The van der Waals surface area contributed by atoms with Gasteiger partial charge in [-0.2, -0.15) is 13.2 Å². The van der Waals surface area contributed by atoms with E-state index in [1.54, 1.807) is 11.8 Å². The van der Waals surface area contributed by atoms with Gasteiger partial charge in [-0.15, -0.1) is 11.8 Å². The number of nitrogens with one attached hydrogen (secondary N) is 1. The average molecular weight is 430 g/mol. The molecule has 6 nitrogen and oxygen atoms in total. The second kappa shape index (κ2) is 8.64. The molecule has 10 heteroatoms. The van der Waals surface area contributed by atoms with E-state index in [4.69, 9.17) is 4.74 Å². The number of carbonyl (C=O) groups excluding carboxylic acids is 3. The number of piperidine rings is 1. The van der Waals surface area contributed by atoms with Gasteiger partial charge in [-0.05, 0) is 38.0 Å². The van der Waals surface area contributed by atoms with Crippen LogP contribution in [0.4, 0.5) is 18.9 Å². The summed E-state index contributed by atoms with van der Waals surface area (Å²) in [5.41, 5.74) is -0.746. The third kappa shape index (κ3) is 5.04. The number of nitrogens with zero attached hydrogens (tertiary/aromatic N) is 1. The van der Waals surface area contributed by atoms with Crippen LogP contribution in [-0.2, 0) is 25.3 Å². The van der Waals surface area contributed by atoms with E-state index >= 15 is 0 Å². The first-order chi connectivity index (χ1) is 13.7. The summed E-state index contributed by atoms with van der Waals surface area (Å²) in [6.45, 7) is 2.75. The number of esters is 1. The molecule has 0 saturated carbocycles. The highest BCUT2D eigenvalue weighted by Gasteiger charge is 2.36. The molecule has 2 aliphatic rings. The molecule has 29 heavy (non-hydrogen) atoms. The van der Waals surface area contributed by atoms with Gasteiger partial charge >= 0.3 is 12.1 Å². The highest BCUT2D eigenvalue weighted by atomic mass is 32.2. The van der Waals surface area contributed by atoms with E-state index in [2.05, 4.69) is 5.32 Å². The molecule has 2 heterocycles. The number of alkyl halides is 3. The summed E-state index contributed by atoms with van der Waals surface area (Å²) < 4.78 is 43.6. The molecule has 158 valence electrons. The van der Waals surface area contributed by atoms with Gasteiger partial charge in [0.2, 0.25) is 11.8 Å². The first kappa shape index (κ1) is 21.5. The summed E-state index contributed by atoms with van der Waals surface area (Å²) in [4.78, 5) is 39.0. The van der Waals surface area contributed by atoms with Crippen LogP contribution in [0.1, 0.15) is 31.7 Å². The Morgan fingerprint density at radius 3 is 2.79 bits per heavy atom. The minimum atomic E-state index is -4.50. The van der Waals surface area contributed by atoms with Crippen LogP contribution < -0.4 is 5.32 Å². The van der Waals surface area contributed by atoms with Crippen LogP contribution in [0.2, 0.25) is 0 Å². The van der Waals surface area contributed by atoms with Crippen LogP contribution in [0.15, 0.2) is 23.1 Å². The maximum absolute atomic E-state index is 12.8. The van der Waals surface area contributed by atoms with Gasteiger partial charge in [-0.3, -0.25) is 14.4 Å². The van der Waals surface area contributed by atoms with Crippen molar-refractivity contribution in [3.8, 4) is 0 Å². The maximum atomic E-state index is 12.8. The fourth-order valence-electron chi connectivity index (χ4n) is 3.40. The number of hydrogen-bond acceptors (Lipinski definition) is 5. The molecular formula is C19H21F3N2O4S. The lowest BCUT2D eigenvalue weighted by molar-refractivity contribution is -0.151. The number of carbonyl (C=O) groups is 3. The summed E-state index contributed by atoms with van der Waals surface area (Å²) in [6, 6.07) is 3.15. The summed E-state index contributed by atoms with van der Waals surface area (Å²) in [5, 5.41) is 1.73. The van der Waals surface area contributed by atoms with Crippen molar-refractivity contribution in [2.75, 3.05) is 25.0 Å². The lowest BCUT2D eigenvalue weighted by Crippen LogP contribution is -2.44. The third-order valence-corrected chi connectivity index (χ3v) is 6.16. The monoisotopic (exact) mass is 430 g/mol. The predicted octanol–water partition coefficient (Wildman–Crippen LogP) is 3.31. The molecule has 0 spiro atoms. The zero-order valence-corrected chi connectivity index (χ0v) is 16.6. The highest BCUT2D eigenvalue weighted by Crippen LogP contribution is 2.40. The molecule has 1 aromatic rings. The Kier molecular flexibility index (Phi) is 6.40. The first-order valence-corrected chi connectivity index (χ1v) is 10.2. The van der Waals surface area contributed by atoms with Crippen molar-refractivity contribution in [3.05, 3.63) is 23.8 Å². The van der Waals surface area contributed by atoms with Crippen molar-refractivity contribution >= 4 is 35.2 Å². The van der Waals surface area contributed by atoms with E-state index in [1.807, 2.05) is 0 Å². The van der Waals surface area contributed by atoms with E-state index < -0.39 is 22.9 Å². The standard InChI is InChI=1S/C19H21F3N2O4S/c1-2-28-18(27)11-4-3-7-24(10-11)16(25)9-15-17(26)23-13-8-12(19(20,21)22)5-6-14(13)29-15/h5-6,8,11,15H,2-4,7,9-10H2,1H3,(H,23,26). The SMILES string of the molecule is CCOC(=O)C1CCCN(C(=O)CC2Sc3ccc(C(F)(F)F)cc3NC2=O)C1. The van der Waals surface area contributed by atoms with Gasteiger partial charge in [0.05, 0.1) is 29.0 Å². The smallest absolute Gasteiger partial charge is 0.416 e. The van der Waals surface area contributed by atoms with Crippen LogP contribution >= 0.6 is 11.8 Å². The fourth-order valence-corrected chi connectivity index (χ4v) is 4.49. The second-order valence-electron chi connectivity index (χ2n) is 6.94. The maximum Gasteiger partial charge on any atom is 0.416 e. The lowest BCUT2D eigenvalue weighted by atomic mass is 9.98. The van der Waals surface area contributed by atoms with Crippen LogP contribution in [0.25, 0.3) is 0 Å². The summed E-state index contributed by atoms with van der Waals surface area (Å²) >= 11 is 1.07. The van der Waals surface area contributed by atoms with Gasteiger partial charge in [-0.1, -0.05) is 0 Å². The first-order valence-electron chi connectivity index (χ1n) is 9.32. The van der Waals surface area contributed by atoms with E-state index in [-0.39, 0.29) is 43.1 Å². The summed E-state index contributed by atoms with van der Waals surface area (Å²) in [7, 11) is 0. The van der Waals surface area contributed by atoms with Crippen LogP contribution in [0, 0.1) is 5.92 Å². The Bertz CT molecular complexity index is 815. The summed E-state index contributed by atoms with van der Waals surface area (Å²) in [6.07, 6.45) is -3.27. The molecule has 1 fully saturated rings. The number of benzene rings is 1. The molecule has 2 unspecified atom stereocenters. The fraction of sp³-hybridized carbons (Fsp3) is 0.526. The van der Waals surface area contributed by atoms with E-state index in [0.29, 0.717) is 24.3 Å². The zero-order valence-electron chi connectivity index (χ0n) is 15.8. The second-order valence-corrected chi connectivity index (χ2v) is 8.18. The lowest BCUT2D eigenvalue weighted by Gasteiger charge is -2.33. The normalized spacial score (nSPS) is 21.9. The molecule has 2 amide bonds. The Hall–Kier alpha value is -2.23. The minimum Gasteiger partial charge on any atom is -0.466 e. The Balaban J connectivity index is 1.64. The quantitative estimate of drug-likeness (QED) is 0.742. The van der Waals surface area contributed by atoms with Gasteiger partial charge in [0, 0.05) is 24.4 Å². The van der Waals surface area contributed by atoms with Gasteiger partial charge < -0.3 is 15.0 Å². The third-order valence-electron chi connectivity index (χ3n) is 4.88. The van der Waals surface area contributed by atoms with Crippen molar-refractivity contribution in [2.24, 2.45) is 5.92 Å². The van der Waals surface area contributed by atoms with Crippen molar-refractivity contribution in [1.82, 2.24) is 4.90 Å². The molecule has 0 bridgehead atoms. The van der Waals surface area contributed by atoms with Crippen LogP contribution in [0.5, 0.6) is 0 Å². The molecule has 0 aliphatic carbocycles. The molecule has 3 rings (SSSR count). The van der Waals surface area contributed by atoms with Gasteiger partial charge in [-0.25, -0.2) is 0 Å². The number of ether oxygens (including phenoxy) is 1. The Labute approximate surface area is 170 Å². The van der Waals surface area contributed by atoms with Gasteiger partial charge in [0.1, 0.15) is 0 Å². The molecule has 2 atom stereocenters. The Morgan fingerprint density at radius 2 is 2.10 bits per heavy atom. The molecule has 1 saturated heterocycles. The number of rotatable bonds is 4. The number of amides is 2. The van der Waals surface area contributed by atoms with Crippen LogP contribution in [0.3, 0.4) is 0 Å². The van der Waals surface area contributed by atoms with E-state index in [0.717, 1.165) is 23.9 Å². The highest BCUT2D eigenvalue weighted by molar-refractivity contribution is 8.01. The molecule has 1 aromatic carbocycles. The Morgan fingerprint density at radius 1 is 1.34 bits per heavy atom. The van der Waals surface area contributed by atoms with Gasteiger partial charge in [0.25, 0.3) is 0 Å². The largest absolute Gasteiger partial charge is 0.466 e. The number of hydrogen-bond donors (Lipinski definition) is 1. The van der Waals surface area contributed by atoms with Gasteiger partial charge in [0.15, 0.2) is 0 Å². The summed E-state index contributed by atoms with van der Waals surface area (Å²) in [5.74, 6) is -1.47. The molecule has 1 N–H and O–H groups in total. The number of likely N-dealkylation sites (tertiary alicyclic amines) is 1. The molecule has 2 aliphatic heterocycles. The molecule has 0 aromatic heterocycles. The number of thioether (sulfide) groups is 1. The molecular weight excluding hydrogens is 409 g/mol. The van der Waals surface area contributed by atoms with Crippen molar-refractivity contribution in [2.45, 2.75) is 42.5 Å². The van der Waals surface area contributed by atoms with Crippen molar-refractivity contribution in [3.63, 3.8) is 0 Å². The topological polar surface area (TPSA) is 75.7 Å². The predicted molar refractivity (Wildman–Crippen MR) is 100 cm³/mol. The molecule has 0 radical (unpaired) electrons. The van der Waals surface area contributed by atoms with Crippen molar-refractivity contribution in [1.29, 1.82) is 0 Å². The van der Waals surface area contributed by atoms with E-state index in [9.17, 15) is 27.6 Å². The number of fused-ring (bicyclic) bond motifs is 1. The van der Waals surface area contributed by atoms with E-state index in [1.165, 1.54) is 6.07 Å². The number of halogens is 3. The average Bonchev–Trinajstić information content (AvgIpc) is 2.67. The minimum absolute atomic E-state index is 0.0908. The van der Waals surface area contributed by atoms with Crippen LogP contribution in [-0.4, -0.2) is 47.6 Å².